The molecule has 2 heterocycles. The van der Waals surface area contributed by atoms with Crippen molar-refractivity contribution in [3.8, 4) is 5.88 Å². The van der Waals surface area contributed by atoms with E-state index in [1.807, 2.05) is 0 Å². The average molecular weight is 555 g/mol. The number of hydrogen-bond acceptors (Lipinski definition) is 7. The van der Waals surface area contributed by atoms with E-state index >= 15 is 0 Å². The lowest BCUT2D eigenvalue weighted by molar-refractivity contribution is -0.120. The van der Waals surface area contributed by atoms with Crippen LogP contribution in [0.1, 0.15) is 64.5 Å². The maximum absolute atomic E-state index is 13.5. The van der Waals surface area contributed by atoms with Crippen molar-refractivity contribution in [3.05, 3.63) is 29.2 Å². The molecule has 2 N–H and O–H groups in total. The Morgan fingerprint density at radius 2 is 1.84 bits per heavy atom. The highest BCUT2D eigenvalue weighted by Crippen LogP contribution is 2.51. The number of halogens is 3. The van der Waals surface area contributed by atoms with Crippen LogP contribution in [-0.4, -0.2) is 57.2 Å². The summed E-state index contributed by atoms with van der Waals surface area (Å²) in [5, 5.41) is 17.4. The van der Waals surface area contributed by atoms with Gasteiger partial charge in [0.1, 0.15) is 11.6 Å². The smallest absolute Gasteiger partial charge is 0.408 e. The zero-order valence-corrected chi connectivity index (χ0v) is 22.5. The van der Waals surface area contributed by atoms with Crippen molar-refractivity contribution in [3.63, 3.8) is 0 Å². The van der Waals surface area contributed by atoms with Crippen LogP contribution in [0.15, 0.2) is 18.5 Å². The van der Waals surface area contributed by atoms with Gasteiger partial charge in [0.05, 0.1) is 25.0 Å². The third-order valence-electron chi connectivity index (χ3n) is 6.57. The number of hydrogen-bond donors (Lipinski definition) is 2. The van der Waals surface area contributed by atoms with Crippen LogP contribution in [0.3, 0.4) is 0 Å². The van der Waals surface area contributed by atoms with Crippen molar-refractivity contribution in [1.82, 2.24) is 25.3 Å². The van der Waals surface area contributed by atoms with E-state index in [9.17, 15) is 18.4 Å². The first-order valence-electron chi connectivity index (χ1n) is 12.6. The third kappa shape index (κ3) is 7.30. The van der Waals surface area contributed by atoms with E-state index in [1.165, 1.54) is 30.3 Å². The molecule has 0 spiro atoms. The Labute approximate surface area is 224 Å². The molecule has 0 aromatic carbocycles. The lowest BCUT2D eigenvalue weighted by Gasteiger charge is -2.28. The van der Waals surface area contributed by atoms with Gasteiger partial charge in [-0.05, 0) is 70.3 Å². The molecule has 4 rings (SSSR count). The molecule has 0 saturated heterocycles. The van der Waals surface area contributed by atoms with Gasteiger partial charge in [-0.1, -0.05) is 11.6 Å². The van der Waals surface area contributed by atoms with E-state index in [1.54, 1.807) is 20.8 Å². The lowest BCUT2D eigenvalue weighted by atomic mass is 9.89. The van der Waals surface area contributed by atoms with Crippen LogP contribution in [0.25, 0.3) is 0 Å². The lowest BCUT2D eigenvalue weighted by Crippen LogP contribution is -2.51. The number of carbonyl (C=O) groups excluding carboxylic acids is 2. The second kappa shape index (κ2) is 11.4. The quantitative estimate of drug-likeness (QED) is 0.407. The molecule has 0 bridgehead atoms. The van der Waals surface area contributed by atoms with Gasteiger partial charge in [0, 0.05) is 18.2 Å². The number of anilines is 1. The number of alkyl halides is 2. The number of nitrogens with one attached hydrogen (secondary N) is 2. The van der Waals surface area contributed by atoms with Gasteiger partial charge in [-0.2, -0.15) is 5.10 Å². The average Bonchev–Trinajstić information content (AvgIpc) is 3.76. The fourth-order valence-electron chi connectivity index (χ4n) is 4.77. The summed E-state index contributed by atoms with van der Waals surface area (Å²) in [6.07, 6.45) is 2.94. The minimum Gasteiger partial charge on any atom is -0.480 e. The maximum atomic E-state index is 13.5. The van der Waals surface area contributed by atoms with Gasteiger partial charge >= 0.3 is 6.09 Å². The molecular formula is C25H33ClF2N6O4. The monoisotopic (exact) mass is 554 g/mol. The van der Waals surface area contributed by atoms with Crippen LogP contribution >= 0.6 is 11.6 Å². The molecule has 38 heavy (non-hydrogen) atoms. The molecule has 2 saturated carbocycles. The highest BCUT2D eigenvalue weighted by Gasteiger charge is 2.48. The highest BCUT2D eigenvalue weighted by molar-refractivity contribution is 6.29. The van der Waals surface area contributed by atoms with Crippen LogP contribution in [-0.2, 0) is 9.53 Å². The summed E-state index contributed by atoms with van der Waals surface area (Å²) in [7, 11) is 1.35. The Hall–Kier alpha value is -3.02. The van der Waals surface area contributed by atoms with Gasteiger partial charge in [-0.3, -0.25) is 9.48 Å². The minimum atomic E-state index is -2.67. The largest absolute Gasteiger partial charge is 0.480 e. The molecule has 2 amide bonds. The van der Waals surface area contributed by atoms with Crippen LogP contribution in [0.5, 0.6) is 5.88 Å². The molecule has 13 heteroatoms. The Bertz CT molecular complexity index is 1140. The number of methoxy groups -OCH3 is 1. The van der Waals surface area contributed by atoms with Crippen LogP contribution in [0.2, 0.25) is 5.15 Å². The van der Waals surface area contributed by atoms with Crippen molar-refractivity contribution in [2.75, 3.05) is 12.4 Å². The standard InChI is InChI=1S/C25H33ClF2N6O4/c1-25(2,3)38-24(36)31-21(20(13-5-6-13)14-7-8-14)22(35)30-15-11-29-34(12-15)17(10-19(27)28)16-9-18(26)32-33-23(16)37-4/h9,11-14,17,19-21H,5-8,10H2,1-4H3,(H,30,35)(H,31,36)/t17?,21-/m0/s1. The number of aromatic nitrogens is 4. The minimum absolute atomic E-state index is 0.00144. The Kier molecular flexibility index (Phi) is 8.39. The molecule has 208 valence electrons. The van der Waals surface area contributed by atoms with E-state index < -0.39 is 42.5 Å². The third-order valence-corrected chi connectivity index (χ3v) is 6.76. The Balaban J connectivity index is 1.56. The van der Waals surface area contributed by atoms with Crippen molar-refractivity contribution < 1.29 is 27.8 Å². The Morgan fingerprint density at radius 1 is 1.18 bits per heavy atom. The molecule has 1 unspecified atom stereocenters. The molecular weight excluding hydrogens is 522 g/mol. The van der Waals surface area contributed by atoms with Crippen LogP contribution < -0.4 is 15.4 Å². The van der Waals surface area contributed by atoms with E-state index in [4.69, 9.17) is 21.1 Å². The zero-order chi connectivity index (χ0) is 27.6. The topological polar surface area (TPSA) is 120 Å². The summed E-state index contributed by atoms with van der Waals surface area (Å²) >= 11 is 5.98. The van der Waals surface area contributed by atoms with Gasteiger partial charge in [0.25, 0.3) is 0 Å². The summed E-state index contributed by atoms with van der Waals surface area (Å²) < 4.78 is 39.0. The predicted octanol–water partition coefficient (Wildman–Crippen LogP) is 4.85. The number of alkyl carbamates (subject to hydrolysis) is 1. The normalized spacial score (nSPS) is 17.3. The number of ether oxygens (including phenoxy) is 2. The van der Waals surface area contributed by atoms with Crippen LogP contribution in [0.4, 0.5) is 19.3 Å². The second-order valence-electron chi connectivity index (χ2n) is 10.8. The molecule has 2 atom stereocenters. The molecule has 2 aliphatic rings. The van der Waals surface area contributed by atoms with Crippen molar-refractivity contribution in [2.45, 2.75) is 77.0 Å². The van der Waals surface area contributed by atoms with Crippen molar-refractivity contribution >= 4 is 29.3 Å². The number of nitrogens with zero attached hydrogens (tertiary/aromatic N) is 4. The number of rotatable bonds is 11. The van der Waals surface area contributed by atoms with Gasteiger partial charge < -0.3 is 20.1 Å². The zero-order valence-electron chi connectivity index (χ0n) is 21.8. The summed E-state index contributed by atoms with van der Waals surface area (Å²) in [6, 6.07) is -0.380. The first kappa shape index (κ1) is 28.0. The second-order valence-corrected chi connectivity index (χ2v) is 11.2. The summed E-state index contributed by atoms with van der Waals surface area (Å²) in [6.45, 7) is 5.27. The fourth-order valence-corrected chi connectivity index (χ4v) is 4.92. The maximum Gasteiger partial charge on any atom is 0.408 e. The molecule has 2 aromatic rings. The molecule has 2 aliphatic carbocycles. The summed E-state index contributed by atoms with van der Waals surface area (Å²) in [5.74, 6) is 0.360. The number of amides is 2. The van der Waals surface area contributed by atoms with Crippen molar-refractivity contribution in [2.24, 2.45) is 17.8 Å². The summed E-state index contributed by atoms with van der Waals surface area (Å²) in [4.78, 5) is 26.1. The van der Waals surface area contributed by atoms with Gasteiger partial charge in [0.15, 0.2) is 5.15 Å². The molecule has 2 aromatic heterocycles. The molecule has 0 radical (unpaired) electrons. The first-order valence-corrected chi connectivity index (χ1v) is 13.0. The molecule has 10 nitrogen and oxygen atoms in total. The van der Waals surface area contributed by atoms with Crippen LogP contribution in [0, 0.1) is 17.8 Å². The molecule has 0 aliphatic heterocycles. The van der Waals surface area contributed by atoms with Gasteiger partial charge in [0.2, 0.25) is 18.2 Å². The van der Waals surface area contributed by atoms with Crippen molar-refractivity contribution in [1.29, 1.82) is 0 Å². The fraction of sp³-hybridized carbons (Fsp3) is 0.640. The number of carbonyl (C=O) groups is 2. The summed E-state index contributed by atoms with van der Waals surface area (Å²) in [5.41, 5.74) is -0.143. The van der Waals surface area contributed by atoms with Gasteiger partial charge in [-0.15, -0.1) is 10.2 Å². The first-order chi connectivity index (χ1) is 17.9. The Morgan fingerprint density at radius 3 is 2.39 bits per heavy atom. The van der Waals surface area contributed by atoms with E-state index in [-0.39, 0.29) is 22.5 Å². The SMILES string of the molecule is COc1nnc(Cl)cc1C(CC(F)F)n1cc(NC(=O)[C@@H](NC(=O)OC(C)(C)C)C(C2CC2)C2CC2)cn1. The highest BCUT2D eigenvalue weighted by atomic mass is 35.5. The van der Waals surface area contributed by atoms with E-state index in [0.717, 1.165) is 25.7 Å². The predicted molar refractivity (Wildman–Crippen MR) is 135 cm³/mol. The van der Waals surface area contributed by atoms with E-state index in [2.05, 4.69) is 25.9 Å². The van der Waals surface area contributed by atoms with E-state index in [0.29, 0.717) is 17.5 Å². The van der Waals surface area contributed by atoms with Gasteiger partial charge in [-0.25, -0.2) is 13.6 Å². The molecule has 2 fully saturated rings.